The van der Waals surface area contributed by atoms with Crippen LogP contribution in [0, 0.1) is 0 Å². The van der Waals surface area contributed by atoms with Gasteiger partial charge in [-0.15, -0.1) is 0 Å². The van der Waals surface area contributed by atoms with Crippen LogP contribution in [-0.4, -0.2) is 4.89 Å². The van der Waals surface area contributed by atoms with Crippen LogP contribution < -0.4 is 5.30 Å². The van der Waals surface area contributed by atoms with E-state index in [9.17, 15) is 4.89 Å². The lowest BCUT2D eigenvalue weighted by Crippen LogP contribution is -2.03. The van der Waals surface area contributed by atoms with Crippen LogP contribution in [0.5, 0.6) is 0 Å². The Labute approximate surface area is 165 Å². The van der Waals surface area contributed by atoms with E-state index in [-0.39, 0.29) is 8.81 Å². The summed E-state index contributed by atoms with van der Waals surface area (Å²) >= 11 is 0. The molecule has 0 saturated heterocycles. The Bertz CT molecular complexity index is 418. The van der Waals surface area contributed by atoms with Gasteiger partial charge in [-0.25, -0.2) is 0 Å². The fourth-order valence-electron chi connectivity index (χ4n) is 3.71. The van der Waals surface area contributed by atoms with E-state index in [1.165, 1.54) is 108 Å². The minimum atomic E-state index is -0.0604. The monoisotopic (exact) mass is 378 g/mol. The summed E-state index contributed by atoms with van der Waals surface area (Å²) in [5.41, 5.74) is 1.35. The Morgan fingerprint density at radius 1 is 0.615 bits per heavy atom. The van der Waals surface area contributed by atoms with Gasteiger partial charge in [0.25, 0.3) is 0 Å². The smallest absolute Gasteiger partial charge is 0.0422 e. The Morgan fingerprint density at radius 2 is 1.04 bits per heavy atom. The normalized spacial score (nSPS) is 11.6. The van der Waals surface area contributed by atoms with Crippen molar-refractivity contribution in [3.05, 3.63) is 29.8 Å². The van der Waals surface area contributed by atoms with Crippen LogP contribution in [0.3, 0.4) is 0 Å². The van der Waals surface area contributed by atoms with Gasteiger partial charge in [0.05, 0.1) is 0 Å². The van der Waals surface area contributed by atoms with Gasteiger partial charge in [-0.3, -0.25) is 0 Å². The molecule has 0 bridgehead atoms. The lowest BCUT2D eigenvalue weighted by Gasteiger charge is -2.07. The zero-order valence-corrected chi connectivity index (χ0v) is 18.3. The second-order valence-corrected chi connectivity index (χ2v) is 8.58. The molecule has 2 heteroatoms. The molecule has 0 saturated carbocycles. The Balaban J connectivity index is 1.80. The number of benzene rings is 1. The van der Waals surface area contributed by atoms with Gasteiger partial charge in [-0.1, -0.05) is 128 Å². The van der Waals surface area contributed by atoms with Crippen LogP contribution in [0.4, 0.5) is 0 Å². The van der Waals surface area contributed by atoms with E-state index < -0.39 is 0 Å². The highest BCUT2D eigenvalue weighted by Gasteiger charge is 2.00. The molecule has 26 heavy (non-hydrogen) atoms. The van der Waals surface area contributed by atoms with Crippen molar-refractivity contribution in [2.45, 2.75) is 116 Å². The van der Waals surface area contributed by atoms with E-state index >= 15 is 0 Å². The molecule has 1 rings (SSSR count). The van der Waals surface area contributed by atoms with Crippen LogP contribution >= 0.6 is 8.81 Å². The minimum absolute atomic E-state index is 0.0604. The molecule has 0 spiro atoms. The molecule has 1 N–H and O–H groups in total. The van der Waals surface area contributed by atoms with Crippen LogP contribution in [-0.2, 0) is 6.42 Å². The van der Waals surface area contributed by atoms with Gasteiger partial charge in [-0.05, 0) is 18.4 Å². The SMILES string of the molecule is CCCCCCCCCCCCCCCCCCc1ccccc1PO. The molecule has 1 aromatic carbocycles. The predicted octanol–water partition coefficient (Wildman–Crippen LogP) is 7.70. The minimum Gasteiger partial charge on any atom is -0.372 e. The fraction of sp³-hybridized carbons (Fsp3) is 0.750. The molecule has 0 aromatic heterocycles. The van der Waals surface area contributed by atoms with Gasteiger partial charge in [-0.2, -0.15) is 0 Å². The molecule has 0 aliphatic carbocycles. The third-order valence-electron chi connectivity index (χ3n) is 5.44. The van der Waals surface area contributed by atoms with Gasteiger partial charge < -0.3 is 4.89 Å². The Hall–Kier alpha value is -0.390. The van der Waals surface area contributed by atoms with E-state index in [1.807, 2.05) is 6.07 Å². The maximum atomic E-state index is 9.38. The van der Waals surface area contributed by atoms with Crippen molar-refractivity contribution < 1.29 is 4.89 Å². The highest BCUT2D eigenvalue weighted by Crippen LogP contribution is 2.15. The number of unbranched alkanes of at least 4 members (excludes halogenated alkanes) is 15. The third kappa shape index (κ3) is 12.9. The summed E-state index contributed by atoms with van der Waals surface area (Å²) in [6.07, 6.45) is 23.8. The summed E-state index contributed by atoms with van der Waals surface area (Å²) in [7, 11) is -0.0604. The molecular weight excluding hydrogens is 335 g/mol. The van der Waals surface area contributed by atoms with Crippen molar-refractivity contribution in [3.8, 4) is 0 Å². The zero-order valence-electron chi connectivity index (χ0n) is 17.3. The van der Waals surface area contributed by atoms with Crippen LogP contribution in [0.2, 0.25) is 0 Å². The van der Waals surface area contributed by atoms with Crippen LogP contribution in [0.1, 0.15) is 115 Å². The molecule has 0 radical (unpaired) electrons. The molecule has 0 amide bonds. The van der Waals surface area contributed by atoms with Crippen molar-refractivity contribution in [2.75, 3.05) is 0 Å². The largest absolute Gasteiger partial charge is 0.372 e. The molecule has 1 atom stereocenters. The van der Waals surface area contributed by atoms with Crippen molar-refractivity contribution in [1.82, 2.24) is 0 Å². The Morgan fingerprint density at radius 3 is 1.50 bits per heavy atom. The molecule has 1 unspecified atom stereocenters. The first-order chi connectivity index (χ1) is 12.9. The zero-order chi connectivity index (χ0) is 18.7. The molecule has 1 nitrogen and oxygen atoms in total. The van der Waals surface area contributed by atoms with Gasteiger partial charge in [0, 0.05) is 14.1 Å². The van der Waals surface area contributed by atoms with Crippen LogP contribution in [0.15, 0.2) is 24.3 Å². The second-order valence-electron chi connectivity index (χ2n) is 7.82. The van der Waals surface area contributed by atoms with Crippen molar-refractivity contribution in [2.24, 2.45) is 0 Å². The van der Waals surface area contributed by atoms with Gasteiger partial charge in [0.1, 0.15) is 0 Å². The Kier molecular flexibility index (Phi) is 16.4. The molecule has 150 valence electrons. The number of aryl methyl sites for hydroxylation is 1. The fourth-order valence-corrected chi connectivity index (χ4v) is 4.23. The van der Waals surface area contributed by atoms with E-state index in [4.69, 9.17) is 0 Å². The third-order valence-corrected chi connectivity index (χ3v) is 6.17. The molecule has 0 heterocycles. The average molecular weight is 379 g/mol. The summed E-state index contributed by atoms with van der Waals surface area (Å²) in [6, 6.07) is 8.34. The maximum Gasteiger partial charge on any atom is 0.0422 e. The summed E-state index contributed by atoms with van der Waals surface area (Å²) in [6.45, 7) is 2.29. The standard InChI is InChI=1S/C24H43OP/c1-2-3-4-5-6-7-8-9-10-11-12-13-14-15-16-17-20-23-21-18-19-22-24(23)26-25/h18-19,21-22,25-26H,2-17,20H2,1H3. The van der Waals surface area contributed by atoms with Gasteiger partial charge in [0.2, 0.25) is 0 Å². The molecular formula is C24H43OP. The number of rotatable bonds is 18. The first-order valence-corrected chi connectivity index (χ1v) is 12.3. The summed E-state index contributed by atoms with van der Waals surface area (Å²) in [5, 5.41) is 1.13. The van der Waals surface area contributed by atoms with Gasteiger partial charge >= 0.3 is 0 Å². The predicted molar refractivity (Wildman–Crippen MR) is 120 cm³/mol. The second kappa shape index (κ2) is 18.0. The number of hydrogen-bond acceptors (Lipinski definition) is 1. The first-order valence-electron chi connectivity index (χ1n) is 11.4. The molecule has 0 aliphatic rings. The van der Waals surface area contributed by atoms with E-state index in [1.54, 1.807) is 0 Å². The summed E-state index contributed by atoms with van der Waals surface area (Å²) in [4.78, 5) is 9.38. The summed E-state index contributed by atoms with van der Waals surface area (Å²) < 4.78 is 0. The van der Waals surface area contributed by atoms with Crippen molar-refractivity contribution in [3.63, 3.8) is 0 Å². The van der Waals surface area contributed by atoms with E-state index in [0.29, 0.717) is 0 Å². The van der Waals surface area contributed by atoms with Crippen molar-refractivity contribution in [1.29, 1.82) is 0 Å². The van der Waals surface area contributed by atoms with Crippen molar-refractivity contribution >= 4 is 14.1 Å². The average Bonchev–Trinajstić information content (AvgIpc) is 2.68. The molecule has 0 fully saturated rings. The molecule has 0 aliphatic heterocycles. The quantitative estimate of drug-likeness (QED) is 0.205. The highest BCUT2D eigenvalue weighted by atomic mass is 31.1. The molecule has 1 aromatic rings. The lowest BCUT2D eigenvalue weighted by molar-refractivity contribution is 0.529. The van der Waals surface area contributed by atoms with Gasteiger partial charge in [0.15, 0.2) is 0 Å². The highest BCUT2D eigenvalue weighted by molar-refractivity contribution is 7.41. The van der Waals surface area contributed by atoms with E-state index in [0.717, 1.165) is 11.7 Å². The first kappa shape index (κ1) is 23.6. The summed E-state index contributed by atoms with van der Waals surface area (Å²) in [5.74, 6) is 0. The number of hydrogen-bond donors (Lipinski definition) is 1. The topological polar surface area (TPSA) is 20.2 Å². The van der Waals surface area contributed by atoms with Crippen LogP contribution in [0.25, 0.3) is 0 Å². The lowest BCUT2D eigenvalue weighted by atomic mass is 10.0. The maximum absolute atomic E-state index is 9.38. The van der Waals surface area contributed by atoms with E-state index in [2.05, 4.69) is 25.1 Å².